The van der Waals surface area contributed by atoms with Crippen LogP contribution >= 0.6 is 0 Å². The van der Waals surface area contributed by atoms with Crippen LogP contribution in [0.1, 0.15) is 47.3 Å². The highest BCUT2D eigenvalue weighted by molar-refractivity contribution is 5.76. The van der Waals surface area contributed by atoms with E-state index in [4.69, 9.17) is 5.11 Å². The Labute approximate surface area is 153 Å². The van der Waals surface area contributed by atoms with Crippen molar-refractivity contribution in [2.75, 3.05) is 13.2 Å². The second kappa shape index (κ2) is 7.59. The van der Waals surface area contributed by atoms with E-state index in [2.05, 4.69) is 10.2 Å². The number of hydrogen-bond acceptors (Lipinski definition) is 5. The van der Waals surface area contributed by atoms with Gasteiger partial charge in [-0.25, -0.2) is 0 Å². The molecule has 8 heteroatoms. The molecule has 2 aromatic heterocycles. The highest BCUT2D eigenvalue weighted by Crippen LogP contribution is 2.20. The summed E-state index contributed by atoms with van der Waals surface area (Å²) in [7, 11) is 1.92. The van der Waals surface area contributed by atoms with E-state index in [0.717, 1.165) is 29.1 Å². The van der Waals surface area contributed by atoms with Gasteiger partial charge in [0.1, 0.15) is 6.10 Å². The maximum atomic E-state index is 12.7. The monoisotopic (exact) mass is 361 g/mol. The van der Waals surface area contributed by atoms with Gasteiger partial charge in [0.05, 0.1) is 30.2 Å². The highest BCUT2D eigenvalue weighted by Gasteiger charge is 2.22. The number of aliphatic hydroxyl groups excluding tert-OH is 2. The normalized spacial score (nSPS) is 15.7. The van der Waals surface area contributed by atoms with Gasteiger partial charge in [-0.05, 0) is 38.3 Å². The second-order valence-corrected chi connectivity index (χ2v) is 6.92. The molecule has 0 saturated carbocycles. The number of aryl methyl sites for hydroxylation is 3. The summed E-state index contributed by atoms with van der Waals surface area (Å²) in [4.78, 5) is 14.6. The fourth-order valence-electron chi connectivity index (χ4n) is 3.52. The second-order valence-electron chi connectivity index (χ2n) is 6.92. The SMILES string of the molecule is Cc1nn(C)c(C)c1CCC(=O)N1CCCn2nc([C@H](O)CO)cc2C1. The maximum Gasteiger partial charge on any atom is 0.223 e. The minimum atomic E-state index is -0.977. The fraction of sp³-hybridized carbons (Fsp3) is 0.611. The molecule has 1 aliphatic rings. The molecule has 0 saturated heterocycles. The molecule has 0 bridgehead atoms. The van der Waals surface area contributed by atoms with Gasteiger partial charge in [0.15, 0.2) is 0 Å². The average Bonchev–Trinajstić information content (AvgIpc) is 3.04. The molecule has 1 amide bonds. The first-order valence-corrected chi connectivity index (χ1v) is 9.03. The molecule has 0 fully saturated rings. The molecule has 1 atom stereocenters. The van der Waals surface area contributed by atoms with E-state index in [1.54, 1.807) is 6.07 Å². The molecule has 3 heterocycles. The third-order valence-corrected chi connectivity index (χ3v) is 5.15. The fourth-order valence-corrected chi connectivity index (χ4v) is 3.52. The molecule has 8 nitrogen and oxygen atoms in total. The summed E-state index contributed by atoms with van der Waals surface area (Å²) in [6, 6.07) is 1.78. The zero-order chi connectivity index (χ0) is 18.8. The van der Waals surface area contributed by atoms with Crippen LogP contribution in [0.2, 0.25) is 0 Å². The molecule has 3 rings (SSSR count). The van der Waals surface area contributed by atoms with Crippen LogP contribution in [-0.4, -0.2) is 53.7 Å². The lowest BCUT2D eigenvalue weighted by atomic mass is 10.1. The molecule has 0 unspecified atom stereocenters. The quantitative estimate of drug-likeness (QED) is 0.814. The maximum absolute atomic E-state index is 12.7. The Balaban J connectivity index is 1.67. The number of fused-ring (bicyclic) bond motifs is 1. The molecule has 142 valence electrons. The number of hydrogen-bond donors (Lipinski definition) is 2. The first-order chi connectivity index (χ1) is 12.4. The molecule has 0 aromatic carbocycles. The van der Waals surface area contributed by atoms with Gasteiger partial charge in [-0.3, -0.25) is 14.2 Å². The van der Waals surface area contributed by atoms with Gasteiger partial charge >= 0.3 is 0 Å². The Kier molecular flexibility index (Phi) is 5.43. The summed E-state index contributed by atoms with van der Waals surface area (Å²) < 4.78 is 3.69. The molecule has 1 aliphatic heterocycles. The smallest absolute Gasteiger partial charge is 0.223 e. The third kappa shape index (κ3) is 3.66. The van der Waals surface area contributed by atoms with E-state index in [1.807, 2.05) is 35.2 Å². The Bertz CT molecular complexity index is 795. The Morgan fingerprint density at radius 1 is 1.31 bits per heavy atom. The van der Waals surface area contributed by atoms with Gasteiger partial charge in [-0.2, -0.15) is 10.2 Å². The van der Waals surface area contributed by atoms with Crippen molar-refractivity contribution in [1.29, 1.82) is 0 Å². The van der Waals surface area contributed by atoms with Crippen molar-refractivity contribution < 1.29 is 15.0 Å². The van der Waals surface area contributed by atoms with Crippen LogP contribution in [0, 0.1) is 13.8 Å². The molecular formula is C18H27N5O3. The number of carbonyl (C=O) groups excluding carboxylic acids is 1. The molecular weight excluding hydrogens is 334 g/mol. The van der Waals surface area contributed by atoms with Crippen LogP contribution in [0.4, 0.5) is 0 Å². The van der Waals surface area contributed by atoms with Crippen molar-refractivity contribution in [1.82, 2.24) is 24.5 Å². The Morgan fingerprint density at radius 3 is 2.73 bits per heavy atom. The minimum absolute atomic E-state index is 0.117. The number of aliphatic hydroxyl groups is 2. The summed E-state index contributed by atoms with van der Waals surface area (Å²) in [6.45, 7) is 5.53. The van der Waals surface area contributed by atoms with Crippen molar-refractivity contribution >= 4 is 5.91 Å². The minimum Gasteiger partial charge on any atom is -0.393 e. The molecule has 26 heavy (non-hydrogen) atoms. The van der Waals surface area contributed by atoms with Crippen LogP contribution in [0.3, 0.4) is 0 Å². The van der Waals surface area contributed by atoms with Gasteiger partial charge < -0.3 is 15.1 Å². The summed E-state index contributed by atoms with van der Waals surface area (Å²) in [5.41, 5.74) is 4.58. The number of aromatic nitrogens is 4. The van der Waals surface area contributed by atoms with E-state index in [9.17, 15) is 9.90 Å². The van der Waals surface area contributed by atoms with Gasteiger partial charge in [0.2, 0.25) is 5.91 Å². The summed E-state index contributed by atoms with van der Waals surface area (Å²) in [5, 5.41) is 27.6. The van der Waals surface area contributed by atoms with Crippen molar-refractivity contribution in [3.05, 3.63) is 34.4 Å². The number of amides is 1. The van der Waals surface area contributed by atoms with Gasteiger partial charge in [-0.15, -0.1) is 0 Å². The lowest BCUT2D eigenvalue weighted by molar-refractivity contribution is -0.131. The molecule has 0 radical (unpaired) electrons. The predicted molar refractivity (Wildman–Crippen MR) is 95.3 cm³/mol. The van der Waals surface area contributed by atoms with Gasteiger partial charge in [0.25, 0.3) is 0 Å². The average molecular weight is 361 g/mol. The summed E-state index contributed by atoms with van der Waals surface area (Å²) in [5.74, 6) is 0.117. The topological polar surface area (TPSA) is 96.4 Å². The van der Waals surface area contributed by atoms with E-state index >= 15 is 0 Å². The van der Waals surface area contributed by atoms with Crippen molar-refractivity contribution in [2.24, 2.45) is 7.05 Å². The summed E-state index contributed by atoms with van der Waals surface area (Å²) >= 11 is 0. The standard InChI is InChI=1S/C18H27N5O3/c1-12-15(13(2)21(3)19-12)5-6-18(26)22-7-4-8-23-14(10-22)9-16(20-23)17(25)11-24/h9,17,24-25H,4-8,10-11H2,1-3H3/t17-/m1/s1. The highest BCUT2D eigenvalue weighted by atomic mass is 16.3. The first-order valence-electron chi connectivity index (χ1n) is 9.03. The van der Waals surface area contributed by atoms with E-state index in [1.165, 1.54) is 0 Å². The predicted octanol–water partition coefficient (Wildman–Crippen LogP) is 0.624. The Hall–Kier alpha value is -2.19. The Morgan fingerprint density at radius 2 is 2.08 bits per heavy atom. The van der Waals surface area contributed by atoms with E-state index in [0.29, 0.717) is 38.2 Å². The third-order valence-electron chi connectivity index (χ3n) is 5.15. The number of carbonyl (C=O) groups is 1. The van der Waals surface area contributed by atoms with Gasteiger partial charge in [0, 0.05) is 32.3 Å². The van der Waals surface area contributed by atoms with E-state index in [-0.39, 0.29) is 12.5 Å². The summed E-state index contributed by atoms with van der Waals surface area (Å²) in [6.07, 6.45) is 0.984. The lowest BCUT2D eigenvalue weighted by Crippen LogP contribution is -2.31. The largest absolute Gasteiger partial charge is 0.393 e. The van der Waals surface area contributed by atoms with Crippen molar-refractivity contribution in [3.8, 4) is 0 Å². The first kappa shape index (κ1) is 18.6. The van der Waals surface area contributed by atoms with E-state index < -0.39 is 6.10 Å². The van der Waals surface area contributed by atoms with Crippen LogP contribution in [0.15, 0.2) is 6.07 Å². The molecule has 0 aliphatic carbocycles. The molecule has 2 aromatic rings. The zero-order valence-corrected chi connectivity index (χ0v) is 15.6. The van der Waals surface area contributed by atoms with Crippen molar-refractivity contribution in [3.63, 3.8) is 0 Å². The van der Waals surface area contributed by atoms with Gasteiger partial charge in [-0.1, -0.05) is 0 Å². The zero-order valence-electron chi connectivity index (χ0n) is 15.6. The van der Waals surface area contributed by atoms with Crippen LogP contribution < -0.4 is 0 Å². The molecule has 0 spiro atoms. The molecule has 2 N–H and O–H groups in total. The lowest BCUT2D eigenvalue weighted by Gasteiger charge is -2.20. The number of nitrogens with zero attached hydrogens (tertiary/aromatic N) is 5. The van der Waals surface area contributed by atoms with Crippen LogP contribution in [0.25, 0.3) is 0 Å². The van der Waals surface area contributed by atoms with Crippen molar-refractivity contribution in [2.45, 2.75) is 52.3 Å². The number of rotatable bonds is 5. The van der Waals surface area contributed by atoms with Crippen LogP contribution in [0.5, 0.6) is 0 Å². The van der Waals surface area contributed by atoms with Crippen LogP contribution in [-0.2, 0) is 31.4 Å².